The normalized spacial score (nSPS) is 24.6. The summed E-state index contributed by atoms with van der Waals surface area (Å²) in [7, 11) is 1.41. The number of carboxylic acid groups (broad SMARTS) is 3. The van der Waals surface area contributed by atoms with Crippen molar-refractivity contribution in [3.05, 3.63) is 125 Å². The molecule has 0 saturated carbocycles. The van der Waals surface area contributed by atoms with Gasteiger partial charge >= 0.3 is 53.0 Å². The molecule has 672 valence electrons. The van der Waals surface area contributed by atoms with E-state index in [0.29, 0.717) is 31.8 Å². The number of hydrogen-bond donors (Lipinski definition) is 17. The van der Waals surface area contributed by atoms with Crippen LogP contribution in [0.5, 0.6) is 0 Å². The van der Waals surface area contributed by atoms with Gasteiger partial charge in [-0.15, -0.1) is 52.7 Å². The zero-order chi connectivity index (χ0) is 90.3. The Bertz CT molecular complexity index is 4780. The molecule has 4 aliphatic heterocycles. The second kappa shape index (κ2) is 43.3. The van der Waals surface area contributed by atoms with Crippen LogP contribution in [0.4, 0.5) is 13.2 Å². The van der Waals surface area contributed by atoms with Gasteiger partial charge < -0.3 is 100 Å². The van der Waals surface area contributed by atoms with Gasteiger partial charge in [0.15, 0.2) is 29.7 Å². The van der Waals surface area contributed by atoms with E-state index in [1.54, 1.807) is 0 Å². The van der Waals surface area contributed by atoms with Crippen molar-refractivity contribution in [2.45, 2.75) is 183 Å². The molecule has 16 atom stereocenters. The van der Waals surface area contributed by atoms with Crippen LogP contribution in [0.15, 0.2) is 58.3 Å². The standard InChI is InChI=1S/C22H33F3N3O8P.C17H28N3O7P.C16H26N3O7P.C16H26N3O6PS/c1-21(2,3)36-14(29)11-27(19(33)22(23,24)25)9-12-10-28(20(34)26-17(12)32)18-16(31)15(30)13(35-18)7-8-37(4,5)6;1-26-14-13(23)11(5-6-28(2,3)4)27-16(14)20-9-10(7-18-8-12(21)22)15(24)19-17(20)25;1-27(2,3)5-4-10-12(22)13(23)15(26-10)19-8-9(6-17-7-11(20)21)14(24)18-16(19)25;1-26(2,3)5-4-10-12(22)13(23)15(25-10)19-8-9(6-17-7-11(20)21)14(24)18-16(19)27/h10,13,15-16,18,30-31H,4,7-9,11H2,1-3,5-6H3,(H,26,32,34);9,11,13-14,16,18,23H,2,5-8H2,1,3-4H3,(H,21,22)(H,19,24,25);8,10,12-13,15,17,22-23H,1,4-7H2,2-3H3,(H,20,21)(H,18,24,25);8,10,12-13,15,17,22-23H,1,4-7H2,2-3H3,(H,20,21)(H,18,24,27)/t13-,15-,16-,18-;11-,13-,14-,16-;2*10-,12-,13-,15-/m1111/s1. The quantitative estimate of drug-likeness (QED) is 0.0137. The summed E-state index contributed by atoms with van der Waals surface area (Å²) in [6, 6.07) is 0. The lowest BCUT2D eigenvalue weighted by Gasteiger charge is -2.26. The molecule has 4 aliphatic rings. The molecule has 0 bridgehead atoms. The maximum atomic E-state index is 13.2. The number of aliphatic hydroxyl groups is 7. The van der Waals surface area contributed by atoms with Crippen molar-refractivity contribution in [2.24, 2.45) is 0 Å². The van der Waals surface area contributed by atoms with E-state index in [1.165, 1.54) is 55.6 Å². The number of nitrogens with zero attached hydrogens (tertiary/aromatic N) is 5. The van der Waals surface area contributed by atoms with Crippen LogP contribution in [0.1, 0.15) is 93.6 Å². The van der Waals surface area contributed by atoms with Gasteiger partial charge in [-0.1, -0.05) is 0 Å². The number of amides is 1. The average molecular weight is 1800 g/mol. The Kier molecular flexibility index (Phi) is 37.3. The number of alkyl halides is 3. The van der Waals surface area contributed by atoms with Crippen molar-refractivity contribution in [3.8, 4) is 0 Å². The van der Waals surface area contributed by atoms with E-state index in [2.05, 4.69) is 82.8 Å². The van der Waals surface area contributed by atoms with Gasteiger partial charge in [-0.2, -0.15) is 13.2 Å². The number of rotatable bonds is 33. The summed E-state index contributed by atoms with van der Waals surface area (Å²) in [5.41, 5.74) is -6.43. The number of methoxy groups -OCH3 is 1. The van der Waals surface area contributed by atoms with Crippen LogP contribution >= 0.6 is 39.8 Å². The minimum atomic E-state index is -5.37. The fourth-order valence-electron chi connectivity index (χ4n) is 12.3. The van der Waals surface area contributed by atoms with Crippen molar-refractivity contribution >= 4 is 94.7 Å². The molecule has 4 saturated heterocycles. The summed E-state index contributed by atoms with van der Waals surface area (Å²) in [4.78, 5) is 150. The van der Waals surface area contributed by atoms with Gasteiger partial charge in [0.2, 0.25) is 0 Å². The number of nitrogens with one attached hydrogen (secondary N) is 7. The molecule has 0 radical (unpaired) electrons. The minimum absolute atomic E-state index is 0.00617. The van der Waals surface area contributed by atoms with Crippen LogP contribution in [0, 0.1) is 4.77 Å². The number of carbonyl (C=O) groups is 5. The van der Waals surface area contributed by atoms with E-state index < -0.39 is 225 Å². The van der Waals surface area contributed by atoms with Gasteiger partial charge in [-0.05, 0) is 137 Å². The van der Waals surface area contributed by atoms with Crippen molar-refractivity contribution < 1.29 is 117 Å². The maximum Gasteiger partial charge on any atom is 0.471 e. The van der Waals surface area contributed by atoms with E-state index in [-0.39, 0.29) is 65.6 Å². The lowest BCUT2D eigenvalue weighted by atomic mass is 10.1. The first-order valence-electron chi connectivity index (χ1n) is 37.0. The number of halogens is 3. The second-order valence-electron chi connectivity index (χ2n) is 32.7. The third-order valence-electron chi connectivity index (χ3n) is 18.3. The van der Waals surface area contributed by atoms with Gasteiger partial charge in [-0.25, -0.2) is 14.4 Å². The average Bonchev–Trinajstić information content (AvgIpc) is 1.70. The van der Waals surface area contributed by atoms with Gasteiger partial charge in [0, 0.05) is 68.2 Å². The smallest absolute Gasteiger partial charge is 0.471 e. The molecule has 0 spiro atoms. The molecular weight excluding hydrogens is 1680 g/mol. The number of aromatic nitrogens is 8. The summed E-state index contributed by atoms with van der Waals surface area (Å²) in [5.74, 6) is -6.74. The molecule has 17 N–H and O–H groups in total. The molecule has 119 heavy (non-hydrogen) atoms. The third kappa shape index (κ3) is 31.6. The Morgan fingerprint density at radius 2 is 0.765 bits per heavy atom. The van der Waals surface area contributed by atoms with E-state index in [9.17, 15) is 106 Å². The Morgan fingerprint density at radius 3 is 1.08 bits per heavy atom. The summed E-state index contributed by atoms with van der Waals surface area (Å²) >= 11 is 5.16. The molecule has 40 nitrogen and oxygen atoms in total. The highest BCUT2D eigenvalue weighted by molar-refractivity contribution is 7.73. The molecule has 0 aromatic carbocycles. The summed E-state index contributed by atoms with van der Waals surface area (Å²) in [6.07, 6.45) is 4.15. The Labute approximate surface area is 685 Å². The zero-order valence-corrected chi connectivity index (χ0v) is 72.5. The molecule has 48 heteroatoms. The molecule has 0 unspecified atom stereocenters. The van der Waals surface area contributed by atoms with Gasteiger partial charge in [0.05, 0.1) is 56.2 Å². The van der Waals surface area contributed by atoms with Gasteiger partial charge in [0.25, 0.3) is 22.2 Å². The molecular formula is C71H113F3N12O28P4S. The second-order valence-corrected chi connectivity index (χ2v) is 50.4. The maximum absolute atomic E-state index is 13.2. The lowest BCUT2D eigenvalue weighted by Crippen LogP contribution is -2.46. The van der Waals surface area contributed by atoms with Crippen molar-refractivity contribution in [1.29, 1.82) is 0 Å². The highest BCUT2D eigenvalue weighted by Crippen LogP contribution is 2.43. The Balaban J connectivity index is 0.000000285. The minimum Gasteiger partial charge on any atom is -0.480 e. The Hall–Kier alpha value is -7.12. The highest BCUT2D eigenvalue weighted by atomic mass is 32.1. The number of ether oxygens (including phenoxy) is 6. The van der Waals surface area contributed by atoms with Crippen LogP contribution < -0.4 is 55.3 Å². The van der Waals surface area contributed by atoms with E-state index >= 15 is 0 Å². The number of H-pyrrole nitrogens is 4. The molecule has 8 rings (SSSR count). The fourth-order valence-corrected chi connectivity index (χ4v) is 16.4. The first-order valence-corrected chi connectivity index (χ1v) is 49.7. The summed E-state index contributed by atoms with van der Waals surface area (Å²) in [6.45, 7) is 12.1. The third-order valence-corrected chi connectivity index (χ3v) is 24.5. The van der Waals surface area contributed by atoms with Crippen molar-refractivity contribution in [1.82, 2.24) is 59.1 Å². The molecule has 4 aromatic rings. The van der Waals surface area contributed by atoms with Crippen molar-refractivity contribution in [2.75, 3.05) is 111 Å². The lowest BCUT2D eigenvalue weighted by molar-refractivity contribution is -0.188. The number of esters is 1. The van der Waals surface area contributed by atoms with Crippen LogP contribution in [-0.4, -0.2) is 345 Å². The molecule has 1 amide bonds. The zero-order valence-electron chi connectivity index (χ0n) is 68.1. The highest BCUT2D eigenvalue weighted by Gasteiger charge is 2.49. The number of aliphatic carboxylic acids is 3. The van der Waals surface area contributed by atoms with Gasteiger partial charge in [-0.3, -0.25) is 81.4 Å². The van der Waals surface area contributed by atoms with E-state index in [0.717, 1.165) is 33.8 Å². The van der Waals surface area contributed by atoms with E-state index in [1.807, 2.05) is 31.6 Å². The predicted molar refractivity (Wildman–Crippen MR) is 445 cm³/mol. The monoisotopic (exact) mass is 1790 g/mol. The number of hydrogen-bond acceptors (Lipinski definition) is 29. The Morgan fingerprint density at radius 1 is 0.479 bits per heavy atom. The van der Waals surface area contributed by atoms with Crippen LogP contribution in [0.3, 0.4) is 0 Å². The van der Waals surface area contributed by atoms with Gasteiger partial charge in [0.1, 0.15) is 61.0 Å². The van der Waals surface area contributed by atoms with E-state index in [4.69, 9.17) is 56.0 Å². The van der Waals surface area contributed by atoms with Crippen LogP contribution in [0.2, 0.25) is 0 Å². The SMILES string of the molecule is C=P(C)(C)CC[C@H]1O[C@@H](n2cc(CN(CC(=O)OC(C)(C)C)C(=O)C(F)(F)F)c(=O)[nH]c2=O)[C@H](O)[C@@H]1O.C=P(C)(C)CC[C@H]1O[C@@H](n2cc(CNCC(=O)O)c(=O)[nH]c2=O)[C@H](O)[C@@H]1O.C=P(C)(C)CC[C@H]1O[C@@H](n2cc(CNCC(=O)O)c(=O)[nH]c2=O)[C@H](OC)[C@@H]1O.C=P(C)(C)CC[C@H]1O[C@@H](n2cc(CNCC(=O)O)c(=O)[nH]c2=S)[C@H](O)[C@@H]1O. The summed E-state index contributed by atoms with van der Waals surface area (Å²) < 4.78 is 77.4. The first-order chi connectivity index (χ1) is 54.7. The fraction of sp³-hybridized carbons (Fsp3) is 0.648. The summed E-state index contributed by atoms with van der Waals surface area (Å²) in [5, 5.41) is 107. The number of aliphatic hydroxyl groups excluding tert-OH is 7. The molecule has 0 aliphatic carbocycles. The molecule has 8 heterocycles. The molecule has 4 aromatic heterocycles. The topological polar surface area (TPSA) is 585 Å². The number of carboxylic acids is 3. The van der Waals surface area contributed by atoms with Crippen LogP contribution in [0.25, 0.3) is 0 Å². The number of carbonyl (C=O) groups excluding carboxylic acids is 2. The largest absolute Gasteiger partial charge is 0.480 e. The predicted octanol–water partition coefficient (Wildman–Crippen LogP) is -2.20. The number of aromatic amines is 4. The van der Waals surface area contributed by atoms with Crippen molar-refractivity contribution in [3.63, 3.8) is 0 Å². The first kappa shape index (κ1) is 102. The molecule has 4 fully saturated rings. The van der Waals surface area contributed by atoms with Crippen LogP contribution in [-0.2, 0) is 78.6 Å².